The van der Waals surface area contributed by atoms with Gasteiger partial charge in [0.1, 0.15) is 0 Å². The average Bonchev–Trinajstić information content (AvgIpc) is 2.62. The summed E-state index contributed by atoms with van der Waals surface area (Å²) >= 11 is 0. The summed E-state index contributed by atoms with van der Waals surface area (Å²) in [5.74, 6) is -0.962. The van der Waals surface area contributed by atoms with Crippen LogP contribution in [0.4, 0.5) is 11.4 Å². The lowest BCUT2D eigenvalue weighted by atomic mass is 10.0. The van der Waals surface area contributed by atoms with Crippen LogP contribution in [0.15, 0.2) is 48.5 Å². The van der Waals surface area contributed by atoms with E-state index in [0.29, 0.717) is 11.1 Å². The van der Waals surface area contributed by atoms with Gasteiger partial charge in [-0.15, -0.1) is 0 Å². The summed E-state index contributed by atoms with van der Waals surface area (Å²) in [5.41, 5.74) is 2.78. The highest BCUT2D eigenvalue weighted by Crippen LogP contribution is 2.17. The van der Waals surface area contributed by atoms with Crippen molar-refractivity contribution >= 4 is 22.9 Å². The van der Waals surface area contributed by atoms with E-state index < -0.39 is 11.6 Å². The van der Waals surface area contributed by atoms with Crippen molar-refractivity contribution in [2.24, 2.45) is 0 Å². The number of ketones is 2. The van der Waals surface area contributed by atoms with Crippen molar-refractivity contribution in [1.82, 2.24) is 0 Å². The molecule has 23 heavy (non-hydrogen) atoms. The van der Waals surface area contributed by atoms with Gasteiger partial charge in [-0.05, 0) is 62.4 Å². The minimum Gasteiger partial charge on any atom is -0.388 e. The quantitative estimate of drug-likeness (QED) is 0.626. The summed E-state index contributed by atoms with van der Waals surface area (Å²) in [6, 6.07) is 14.1. The number of benzene rings is 2. The van der Waals surface area contributed by atoms with E-state index in [1.807, 2.05) is 12.1 Å². The van der Waals surface area contributed by atoms with Crippen molar-refractivity contribution in [2.75, 3.05) is 30.4 Å². The number of carbonyl (C=O) groups excluding carboxylic acids is 2. The van der Waals surface area contributed by atoms with E-state index in [-0.39, 0.29) is 0 Å². The number of nitrogens with one attached hydrogen (secondary N) is 1. The lowest BCUT2D eigenvalue weighted by Gasteiger charge is -2.20. The maximum atomic E-state index is 12.3. The number of nitrogens with zero attached hydrogens (tertiary/aromatic N) is 1. The molecule has 4 heteroatoms. The molecule has 4 nitrogen and oxygen atoms in total. The Morgan fingerprint density at radius 3 is 1.65 bits per heavy atom. The fourth-order valence-electron chi connectivity index (χ4n) is 2.46. The Kier molecular flexibility index (Phi) is 5.52. The summed E-state index contributed by atoms with van der Waals surface area (Å²) in [4.78, 5) is 26.8. The van der Waals surface area contributed by atoms with Crippen LogP contribution in [-0.2, 0) is 0 Å². The monoisotopic (exact) mass is 310 g/mol. The van der Waals surface area contributed by atoms with E-state index in [2.05, 4.69) is 24.1 Å². The van der Waals surface area contributed by atoms with E-state index in [1.54, 1.807) is 43.4 Å². The highest BCUT2D eigenvalue weighted by Gasteiger charge is 2.18. The van der Waals surface area contributed by atoms with Gasteiger partial charge < -0.3 is 10.2 Å². The molecule has 0 bridgehead atoms. The van der Waals surface area contributed by atoms with Crippen LogP contribution in [0.5, 0.6) is 0 Å². The minimum absolute atomic E-state index is 0.404. The number of carbonyl (C=O) groups is 2. The molecular weight excluding hydrogens is 288 g/mol. The molecule has 0 aromatic heterocycles. The molecule has 1 N–H and O–H groups in total. The van der Waals surface area contributed by atoms with Crippen molar-refractivity contribution in [3.8, 4) is 0 Å². The average molecular weight is 310 g/mol. The molecule has 0 aliphatic carbocycles. The van der Waals surface area contributed by atoms with Crippen molar-refractivity contribution in [3.63, 3.8) is 0 Å². The van der Waals surface area contributed by atoms with Gasteiger partial charge >= 0.3 is 0 Å². The first-order chi connectivity index (χ1) is 11.1. The molecule has 0 fully saturated rings. The second-order valence-corrected chi connectivity index (χ2v) is 5.20. The standard InChI is InChI=1S/C19H22N2O2/c1-4-21(5-2)17-12-8-15(9-13-17)19(23)18(22)14-6-10-16(20-3)11-7-14/h6-13,20H,4-5H2,1-3H3. The molecule has 0 radical (unpaired) electrons. The van der Waals surface area contributed by atoms with Crippen molar-refractivity contribution in [3.05, 3.63) is 59.7 Å². The van der Waals surface area contributed by atoms with Crippen LogP contribution >= 0.6 is 0 Å². The fourth-order valence-corrected chi connectivity index (χ4v) is 2.46. The van der Waals surface area contributed by atoms with Crippen molar-refractivity contribution in [1.29, 1.82) is 0 Å². The van der Waals surface area contributed by atoms with Crippen molar-refractivity contribution in [2.45, 2.75) is 13.8 Å². The second-order valence-electron chi connectivity index (χ2n) is 5.20. The molecule has 0 atom stereocenters. The molecule has 120 valence electrons. The maximum absolute atomic E-state index is 12.3. The van der Waals surface area contributed by atoms with E-state index in [9.17, 15) is 9.59 Å². The normalized spacial score (nSPS) is 10.2. The van der Waals surface area contributed by atoms with E-state index in [4.69, 9.17) is 0 Å². The van der Waals surface area contributed by atoms with Gasteiger partial charge in [0.05, 0.1) is 0 Å². The van der Waals surface area contributed by atoms with Gasteiger partial charge in [-0.3, -0.25) is 9.59 Å². The summed E-state index contributed by atoms with van der Waals surface area (Å²) in [7, 11) is 1.80. The number of rotatable bonds is 7. The minimum atomic E-state index is -0.483. The topological polar surface area (TPSA) is 49.4 Å². The van der Waals surface area contributed by atoms with E-state index in [0.717, 1.165) is 24.5 Å². The van der Waals surface area contributed by atoms with Crippen LogP contribution in [0.3, 0.4) is 0 Å². The van der Waals surface area contributed by atoms with E-state index in [1.165, 1.54) is 0 Å². The molecule has 0 spiro atoms. The molecular formula is C19H22N2O2. The summed E-state index contributed by atoms with van der Waals surface area (Å²) in [5, 5.41) is 2.98. The maximum Gasteiger partial charge on any atom is 0.233 e. The SMILES string of the molecule is CCN(CC)c1ccc(C(=O)C(=O)c2ccc(NC)cc2)cc1. The zero-order valence-corrected chi connectivity index (χ0v) is 13.8. The zero-order chi connectivity index (χ0) is 16.8. The molecule has 2 rings (SSSR count). The highest BCUT2D eigenvalue weighted by atomic mass is 16.2. The van der Waals surface area contributed by atoms with Crippen molar-refractivity contribution < 1.29 is 9.59 Å². The summed E-state index contributed by atoms with van der Waals surface area (Å²) < 4.78 is 0. The molecule has 0 saturated carbocycles. The number of anilines is 2. The Labute approximate surface area is 137 Å². The third-order valence-corrected chi connectivity index (χ3v) is 3.90. The van der Waals surface area contributed by atoms with Gasteiger partial charge in [0.15, 0.2) is 0 Å². The van der Waals surface area contributed by atoms with E-state index >= 15 is 0 Å². The lowest BCUT2D eigenvalue weighted by molar-refractivity contribution is 0.0817. The van der Waals surface area contributed by atoms with Gasteiger partial charge in [-0.1, -0.05) is 0 Å². The number of Topliss-reactive ketones (excluding diaryl/α,β-unsaturated/α-hetero) is 2. The van der Waals surface area contributed by atoms with Crippen LogP contribution < -0.4 is 10.2 Å². The first-order valence-electron chi connectivity index (χ1n) is 7.82. The molecule has 0 amide bonds. The Hall–Kier alpha value is -2.62. The second kappa shape index (κ2) is 7.58. The fraction of sp³-hybridized carbons (Fsp3) is 0.263. The molecule has 0 saturated heterocycles. The first kappa shape index (κ1) is 16.7. The smallest absolute Gasteiger partial charge is 0.233 e. The van der Waals surface area contributed by atoms with Crippen LogP contribution in [0.25, 0.3) is 0 Å². The Bertz CT molecular complexity index is 672. The third-order valence-electron chi connectivity index (χ3n) is 3.90. The van der Waals surface area contributed by atoms with Crippen LogP contribution in [-0.4, -0.2) is 31.7 Å². The van der Waals surface area contributed by atoms with Gasteiger partial charge in [-0.25, -0.2) is 0 Å². The predicted molar refractivity (Wildman–Crippen MR) is 94.7 cm³/mol. The molecule has 2 aromatic rings. The lowest BCUT2D eigenvalue weighted by Crippen LogP contribution is -2.22. The van der Waals surface area contributed by atoms with Crippen LogP contribution in [0.2, 0.25) is 0 Å². The first-order valence-corrected chi connectivity index (χ1v) is 7.82. The Morgan fingerprint density at radius 1 is 0.826 bits per heavy atom. The largest absolute Gasteiger partial charge is 0.388 e. The van der Waals surface area contributed by atoms with Crippen LogP contribution in [0, 0.1) is 0 Å². The molecule has 2 aromatic carbocycles. The Balaban J connectivity index is 2.17. The van der Waals surface area contributed by atoms with Gasteiger partial charge in [-0.2, -0.15) is 0 Å². The van der Waals surface area contributed by atoms with Crippen LogP contribution in [0.1, 0.15) is 34.6 Å². The molecule has 0 heterocycles. The summed E-state index contributed by atoms with van der Waals surface area (Å²) in [6.45, 7) is 5.98. The predicted octanol–water partition coefficient (Wildman–Crippen LogP) is 3.64. The zero-order valence-electron chi connectivity index (χ0n) is 13.8. The van der Waals surface area contributed by atoms with Gasteiger partial charge in [0, 0.05) is 42.6 Å². The summed E-state index contributed by atoms with van der Waals surface area (Å²) in [6.07, 6.45) is 0. The third kappa shape index (κ3) is 3.77. The van der Waals surface area contributed by atoms with Gasteiger partial charge in [0.2, 0.25) is 11.6 Å². The Morgan fingerprint density at radius 2 is 1.26 bits per heavy atom. The molecule has 0 aliphatic heterocycles. The highest BCUT2D eigenvalue weighted by molar-refractivity contribution is 6.49. The molecule has 0 unspecified atom stereocenters. The molecule has 0 aliphatic rings. The number of hydrogen-bond donors (Lipinski definition) is 1. The number of hydrogen-bond acceptors (Lipinski definition) is 4. The van der Waals surface area contributed by atoms with Gasteiger partial charge in [0.25, 0.3) is 0 Å².